The molecule has 0 spiro atoms. The summed E-state index contributed by atoms with van der Waals surface area (Å²) in [6.07, 6.45) is -1.84. The van der Waals surface area contributed by atoms with Crippen LogP contribution in [0.3, 0.4) is 0 Å². The molecule has 0 atom stereocenters. The zero-order valence-corrected chi connectivity index (χ0v) is 12.4. The average molecular weight is 364 g/mol. The summed E-state index contributed by atoms with van der Waals surface area (Å²) in [4.78, 5) is 23.0. The minimum absolute atomic E-state index is 0.235. The van der Waals surface area contributed by atoms with Gasteiger partial charge < -0.3 is 19.2 Å². The standard InChI is InChI=1S/C10H6Cl4O6/c11-4-1-3(9(17)19-2-5(15)16)7(12)8(13)6(4)10(18)20-14/h1,5,15-16H,2H2. The highest BCUT2D eigenvalue weighted by Gasteiger charge is 2.25. The Hall–Kier alpha value is -0.760. The highest BCUT2D eigenvalue weighted by molar-refractivity contribution is 6.47. The van der Waals surface area contributed by atoms with Crippen LogP contribution in [0.25, 0.3) is 0 Å². The van der Waals surface area contributed by atoms with Crippen LogP contribution in [0.15, 0.2) is 6.07 Å². The first-order chi connectivity index (χ1) is 9.29. The van der Waals surface area contributed by atoms with E-state index in [2.05, 4.69) is 9.03 Å². The van der Waals surface area contributed by atoms with Gasteiger partial charge in [0, 0.05) is 0 Å². The number of esters is 1. The van der Waals surface area contributed by atoms with E-state index in [4.69, 9.17) is 56.9 Å². The Morgan fingerprint density at radius 2 is 1.75 bits per heavy atom. The van der Waals surface area contributed by atoms with Crippen LogP contribution in [0.1, 0.15) is 20.7 Å². The fraction of sp³-hybridized carbons (Fsp3) is 0.200. The average Bonchev–Trinajstić information content (AvgIpc) is 2.39. The molecule has 2 N–H and O–H groups in total. The Bertz CT molecular complexity index is 545. The molecule has 0 amide bonds. The number of carbonyl (C=O) groups is 2. The molecule has 10 heteroatoms. The van der Waals surface area contributed by atoms with Crippen molar-refractivity contribution in [2.24, 2.45) is 0 Å². The van der Waals surface area contributed by atoms with Crippen LogP contribution < -0.4 is 0 Å². The Labute approximate surface area is 132 Å². The maximum Gasteiger partial charge on any atom is 0.359 e. The van der Waals surface area contributed by atoms with Crippen LogP contribution in [-0.2, 0) is 9.03 Å². The molecule has 0 radical (unpaired) electrons. The van der Waals surface area contributed by atoms with E-state index in [0.717, 1.165) is 6.07 Å². The fourth-order valence-electron chi connectivity index (χ4n) is 1.20. The molecule has 1 rings (SSSR count). The van der Waals surface area contributed by atoms with Gasteiger partial charge in [-0.15, -0.1) is 0 Å². The summed E-state index contributed by atoms with van der Waals surface area (Å²) in [7, 11) is 0. The Kier molecular flexibility index (Phi) is 6.32. The highest BCUT2D eigenvalue weighted by Crippen LogP contribution is 2.35. The van der Waals surface area contributed by atoms with Crippen molar-refractivity contribution in [3.63, 3.8) is 0 Å². The maximum absolute atomic E-state index is 11.6. The van der Waals surface area contributed by atoms with Gasteiger partial charge >= 0.3 is 11.9 Å². The lowest BCUT2D eigenvalue weighted by Gasteiger charge is -2.11. The van der Waals surface area contributed by atoms with Gasteiger partial charge in [-0.05, 0) is 6.07 Å². The SMILES string of the molecule is O=C(OCC(O)O)c1cc(Cl)c(C(=O)OCl)c(Cl)c1Cl. The number of benzene rings is 1. The van der Waals surface area contributed by atoms with Crippen molar-refractivity contribution in [1.29, 1.82) is 0 Å². The topological polar surface area (TPSA) is 93.1 Å². The van der Waals surface area contributed by atoms with Gasteiger partial charge in [0.15, 0.2) is 6.29 Å². The third-order valence-electron chi connectivity index (χ3n) is 2.02. The van der Waals surface area contributed by atoms with Gasteiger partial charge in [-0.2, -0.15) is 0 Å². The number of rotatable bonds is 4. The normalized spacial score (nSPS) is 10.6. The summed E-state index contributed by atoms with van der Waals surface area (Å²) < 4.78 is 8.48. The van der Waals surface area contributed by atoms with E-state index in [0.29, 0.717) is 0 Å². The first kappa shape index (κ1) is 17.3. The molecule has 0 saturated heterocycles. The molecular weight excluding hydrogens is 358 g/mol. The van der Waals surface area contributed by atoms with E-state index in [9.17, 15) is 9.59 Å². The Balaban J connectivity index is 3.19. The first-order valence-corrected chi connectivity index (χ1v) is 6.27. The van der Waals surface area contributed by atoms with Crippen LogP contribution >= 0.6 is 46.7 Å². The van der Waals surface area contributed by atoms with Crippen LogP contribution in [0.5, 0.6) is 0 Å². The molecule has 0 bridgehead atoms. The third-order valence-corrected chi connectivity index (χ3v) is 3.32. The molecule has 0 aliphatic heterocycles. The summed E-state index contributed by atoms with van der Waals surface area (Å²) in [5, 5.41) is 16.3. The lowest BCUT2D eigenvalue weighted by atomic mass is 10.1. The predicted octanol–water partition coefficient (Wildman–Crippen LogP) is 2.42. The predicted molar refractivity (Wildman–Crippen MR) is 71.2 cm³/mol. The highest BCUT2D eigenvalue weighted by atomic mass is 35.5. The van der Waals surface area contributed by atoms with Crippen molar-refractivity contribution in [3.8, 4) is 0 Å². The quantitative estimate of drug-likeness (QED) is 0.484. The van der Waals surface area contributed by atoms with Crippen LogP contribution in [-0.4, -0.2) is 35.0 Å². The van der Waals surface area contributed by atoms with E-state index in [1.807, 2.05) is 0 Å². The molecule has 1 aromatic carbocycles. The van der Waals surface area contributed by atoms with Crippen LogP contribution in [0.4, 0.5) is 0 Å². The number of ether oxygens (including phenoxy) is 1. The lowest BCUT2D eigenvalue weighted by molar-refractivity contribution is -0.0812. The minimum Gasteiger partial charge on any atom is -0.457 e. The summed E-state index contributed by atoms with van der Waals surface area (Å²) in [6.45, 7) is -0.671. The first-order valence-electron chi connectivity index (χ1n) is 4.83. The molecule has 0 aromatic heterocycles. The smallest absolute Gasteiger partial charge is 0.359 e. The molecule has 6 nitrogen and oxygen atoms in total. The van der Waals surface area contributed by atoms with E-state index >= 15 is 0 Å². The second-order valence-electron chi connectivity index (χ2n) is 3.35. The molecule has 0 saturated carbocycles. The zero-order chi connectivity index (χ0) is 15.4. The van der Waals surface area contributed by atoms with E-state index in [1.54, 1.807) is 0 Å². The molecule has 1 aromatic rings. The molecule has 0 unspecified atom stereocenters. The van der Waals surface area contributed by atoms with Crippen molar-refractivity contribution in [2.75, 3.05) is 6.61 Å². The molecule has 0 aliphatic rings. The van der Waals surface area contributed by atoms with Crippen molar-refractivity contribution >= 4 is 58.6 Å². The van der Waals surface area contributed by atoms with E-state index in [-0.39, 0.29) is 26.2 Å². The molecule has 0 fully saturated rings. The van der Waals surface area contributed by atoms with E-state index < -0.39 is 24.8 Å². The van der Waals surface area contributed by atoms with Gasteiger partial charge in [0.25, 0.3) is 0 Å². The summed E-state index contributed by atoms with van der Waals surface area (Å²) in [5.74, 6) is -2.05. The zero-order valence-electron chi connectivity index (χ0n) is 9.40. The fourth-order valence-corrected chi connectivity index (χ4v) is 2.11. The second-order valence-corrected chi connectivity index (χ2v) is 4.67. The van der Waals surface area contributed by atoms with E-state index in [1.165, 1.54) is 0 Å². The molecule has 0 aliphatic carbocycles. The van der Waals surface area contributed by atoms with Gasteiger partial charge in [0.05, 0.1) is 26.2 Å². The largest absolute Gasteiger partial charge is 0.457 e. The number of halogens is 4. The van der Waals surface area contributed by atoms with Gasteiger partial charge in [-0.1, -0.05) is 34.8 Å². The molecular formula is C10H6Cl4O6. The van der Waals surface area contributed by atoms with Gasteiger partial charge in [0.2, 0.25) is 0 Å². The number of hydrogen-bond acceptors (Lipinski definition) is 6. The van der Waals surface area contributed by atoms with Crippen LogP contribution in [0.2, 0.25) is 15.1 Å². The number of aliphatic hydroxyl groups excluding tert-OH is 1. The number of hydrogen-bond donors (Lipinski definition) is 2. The Morgan fingerprint density at radius 1 is 1.15 bits per heavy atom. The summed E-state index contributed by atoms with van der Waals surface area (Å²) in [6, 6.07) is 1.02. The number of aliphatic hydroxyl groups is 2. The summed E-state index contributed by atoms with van der Waals surface area (Å²) in [5.41, 5.74) is -0.569. The Morgan fingerprint density at radius 3 is 2.25 bits per heavy atom. The number of carbonyl (C=O) groups excluding carboxylic acids is 2. The maximum atomic E-state index is 11.6. The molecule has 0 heterocycles. The van der Waals surface area contributed by atoms with Crippen molar-refractivity contribution in [1.82, 2.24) is 0 Å². The van der Waals surface area contributed by atoms with Crippen molar-refractivity contribution in [3.05, 3.63) is 32.3 Å². The monoisotopic (exact) mass is 362 g/mol. The van der Waals surface area contributed by atoms with Crippen LogP contribution in [0, 0.1) is 0 Å². The van der Waals surface area contributed by atoms with Gasteiger partial charge in [-0.3, -0.25) is 0 Å². The molecule has 110 valence electrons. The van der Waals surface area contributed by atoms with Gasteiger partial charge in [-0.25, -0.2) is 9.59 Å². The third kappa shape index (κ3) is 3.88. The minimum atomic E-state index is -1.84. The van der Waals surface area contributed by atoms with Crippen molar-refractivity contribution in [2.45, 2.75) is 6.29 Å². The summed E-state index contributed by atoms with van der Waals surface area (Å²) >= 11 is 22.3. The molecule has 20 heavy (non-hydrogen) atoms. The lowest BCUT2D eigenvalue weighted by Crippen LogP contribution is -2.18. The van der Waals surface area contributed by atoms with Crippen molar-refractivity contribution < 1.29 is 28.8 Å². The van der Waals surface area contributed by atoms with Gasteiger partial charge in [0.1, 0.15) is 18.5 Å². The second kappa shape index (κ2) is 7.31.